The van der Waals surface area contributed by atoms with E-state index in [2.05, 4.69) is 96.0 Å². The Morgan fingerprint density at radius 3 is 0.857 bits per heavy atom. The van der Waals surface area contributed by atoms with Crippen molar-refractivity contribution in [2.24, 2.45) is 11.8 Å². The van der Waals surface area contributed by atoms with Crippen molar-refractivity contribution in [2.75, 3.05) is 111 Å². The fraction of sp³-hybridized carbons (Fsp3) is 0.267. The average molecular weight is 2000 g/mol. The van der Waals surface area contributed by atoms with Crippen molar-refractivity contribution in [2.45, 2.75) is 58.4 Å². The molecule has 12 aromatic rings. The first-order chi connectivity index (χ1) is 63.8. The number of alkyl halides is 3. The molecule has 12 heterocycles. The van der Waals surface area contributed by atoms with Gasteiger partial charge in [0.15, 0.2) is 30.9 Å². The van der Waals surface area contributed by atoms with Gasteiger partial charge in [0, 0.05) is 73.4 Å². The van der Waals surface area contributed by atoms with Crippen LogP contribution in [0, 0.1) is 85.9 Å². The fourth-order valence-electron chi connectivity index (χ4n) is 11.3. The van der Waals surface area contributed by atoms with Crippen LogP contribution in [-0.2, 0) is 28.8 Å². The lowest BCUT2D eigenvalue weighted by molar-refractivity contribution is -0.143. The van der Waals surface area contributed by atoms with Gasteiger partial charge >= 0.3 is 6.18 Å². The standard InChI is InChI=1S/C16H17ClN4OS.C15H12ClF3N4O.2C15H15ClN4OS.C15H15ClN4O.C14H13ClN4OS/c1-4-8-20(16(22)12(2)11-23-3)14-10-21(19-15(14)17)13-6-5-7-18-9-13;1-2-8-22(13(24)5-6-15(17,18)19)12-10-23(21-14(12)16)11-4-3-7-20-9-11;1-4-8-19(15(21)11(2)22-3)13-10-20(18-14(13)16)12-6-5-7-17-9-12;1-3-8-19(14(21)6-9-22-2)13-11-20(18-15(13)16)12-5-4-7-17-10-12;1-4-8-19(15(21)11(2)3)13-10-20(18-14(13)16)12-6-5-7-17-9-12;1-3-7-18(13(20)10-21-2)12-9-19(17-14(12)15)11-5-4-6-16-8-11/h1,5-7,9-10,12H,8,11H2,2-3H3;1,3-4,7,9-10H,5-6,8H2;1,5-7,9-11H,8H2,2-3H3;1,4-5,7,10-11H,6,8-9H2,2H3;1,5-7,9-11H,8H2,2-3H3;1,4-6,8-9H,7,10H2,2H3. The molecule has 0 radical (unpaired) electrons. The van der Waals surface area contributed by atoms with Gasteiger partial charge in [0.05, 0.1) is 165 Å². The molecule has 12 aromatic heterocycles. The molecule has 43 heteroatoms. The van der Waals surface area contributed by atoms with Crippen molar-refractivity contribution in [1.29, 1.82) is 0 Å². The summed E-state index contributed by atoms with van der Waals surface area (Å²) in [5.41, 5.74) is 7.00. The normalized spacial score (nSPS) is 10.9. The first-order valence-electron chi connectivity index (χ1n) is 39.3. The topological polar surface area (TPSA) is 306 Å². The maximum atomic E-state index is 12.6. The summed E-state index contributed by atoms with van der Waals surface area (Å²) in [4.78, 5) is 106. The van der Waals surface area contributed by atoms with Crippen LogP contribution in [-0.4, -0.2) is 217 Å². The van der Waals surface area contributed by atoms with Crippen LogP contribution in [0.25, 0.3) is 34.1 Å². The summed E-state index contributed by atoms with van der Waals surface area (Å²) in [6.07, 6.45) is 63.3. The van der Waals surface area contributed by atoms with E-state index in [1.807, 2.05) is 83.0 Å². The van der Waals surface area contributed by atoms with Crippen molar-refractivity contribution in [3.63, 3.8) is 0 Å². The number of hydrogen-bond acceptors (Lipinski definition) is 22. The lowest BCUT2D eigenvalue weighted by Gasteiger charge is -2.22. The number of aromatic nitrogens is 18. The first kappa shape index (κ1) is 107. The van der Waals surface area contributed by atoms with E-state index in [-0.39, 0.29) is 122 Å². The van der Waals surface area contributed by atoms with Crippen LogP contribution < -0.4 is 29.4 Å². The Bertz CT molecular complexity index is 6080. The van der Waals surface area contributed by atoms with Crippen molar-refractivity contribution in [3.8, 4) is 108 Å². The molecule has 2 atom stereocenters. The van der Waals surface area contributed by atoms with Crippen LogP contribution in [0.4, 0.5) is 47.3 Å². The van der Waals surface area contributed by atoms with Crippen molar-refractivity contribution >= 4 is 186 Å². The molecule has 12 rings (SSSR count). The fourth-order valence-corrected chi connectivity index (χ4v) is 14.5. The Morgan fingerprint density at radius 2 is 0.624 bits per heavy atom. The van der Waals surface area contributed by atoms with Crippen molar-refractivity contribution in [1.82, 2.24) is 88.6 Å². The maximum absolute atomic E-state index is 12.6. The van der Waals surface area contributed by atoms with Crippen LogP contribution in [0.3, 0.4) is 0 Å². The summed E-state index contributed by atoms with van der Waals surface area (Å²) in [5.74, 6) is 14.9. The quantitative estimate of drug-likeness (QED) is 0.0364. The lowest BCUT2D eigenvalue weighted by Crippen LogP contribution is -2.36. The van der Waals surface area contributed by atoms with Gasteiger partial charge in [0.2, 0.25) is 35.4 Å². The number of anilines is 6. The monoisotopic (exact) mass is 1990 g/mol. The highest BCUT2D eigenvalue weighted by molar-refractivity contribution is 8.00. The van der Waals surface area contributed by atoms with Gasteiger partial charge in [-0.2, -0.15) is 90.8 Å². The van der Waals surface area contributed by atoms with E-state index in [1.54, 1.807) is 189 Å². The second-order valence-corrected chi connectivity index (χ2v) is 33.5. The Hall–Kier alpha value is -12.7. The van der Waals surface area contributed by atoms with Crippen molar-refractivity contribution < 1.29 is 41.9 Å². The highest BCUT2D eigenvalue weighted by atomic mass is 35.5. The summed E-state index contributed by atoms with van der Waals surface area (Å²) in [6, 6.07) is 21.6. The van der Waals surface area contributed by atoms with Crippen LogP contribution >= 0.6 is 117 Å². The van der Waals surface area contributed by atoms with E-state index in [4.69, 9.17) is 108 Å². The Labute approximate surface area is 815 Å². The Balaban J connectivity index is 0.000000218. The number of amides is 6. The third kappa shape index (κ3) is 31.8. The van der Waals surface area contributed by atoms with Crippen molar-refractivity contribution in [3.05, 3.63) is 215 Å². The molecule has 0 fully saturated rings. The van der Waals surface area contributed by atoms with E-state index in [0.717, 1.165) is 39.1 Å². The molecule has 0 aromatic carbocycles. The summed E-state index contributed by atoms with van der Waals surface area (Å²) < 4.78 is 46.2. The SMILES string of the molecule is C#CCN(C(=O)C(C)C)c1cn(-c2cccnc2)nc1Cl.C#CCN(C(=O)C(C)CSC)c1cn(-c2cccnc2)nc1Cl.C#CCN(C(=O)C(C)SC)c1cn(-c2cccnc2)nc1Cl.C#CCN(C(=O)CCC(F)(F)F)c1cn(-c2cccnc2)nc1Cl.C#CCN(C(=O)CCSC)c1cn(-c2cccnc2)nc1Cl.C#CCN(C(=O)CSC)c1cn(-c2cccnc2)nc1Cl. The predicted octanol–water partition coefficient (Wildman–Crippen LogP) is 16.2. The number of thioether (sulfide) groups is 4. The number of carbonyl (C=O) groups is 6. The number of pyridine rings is 6. The smallest absolute Gasteiger partial charge is 0.296 e. The molecule has 0 aliphatic carbocycles. The molecule has 2 unspecified atom stereocenters. The summed E-state index contributed by atoms with van der Waals surface area (Å²) in [7, 11) is 0. The molecular formula is C90H87Cl6F3N24O6S4. The largest absolute Gasteiger partial charge is 0.389 e. The zero-order valence-corrected chi connectivity index (χ0v) is 80.5. The summed E-state index contributed by atoms with van der Waals surface area (Å²) in [6.45, 7) is 7.86. The maximum Gasteiger partial charge on any atom is 0.389 e. The van der Waals surface area contributed by atoms with E-state index >= 15 is 0 Å². The average Bonchev–Trinajstić information content (AvgIpc) is 1.67. The van der Waals surface area contributed by atoms with Gasteiger partial charge in [-0.3, -0.25) is 88.1 Å². The highest BCUT2D eigenvalue weighted by Gasteiger charge is 2.33. The first-order valence-corrected chi connectivity index (χ1v) is 47.1. The highest BCUT2D eigenvalue weighted by Crippen LogP contribution is 2.35. The lowest BCUT2D eigenvalue weighted by atomic mass is 10.2. The third-order valence-electron chi connectivity index (χ3n) is 17.8. The van der Waals surface area contributed by atoms with E-state index in [1.165, 1.54) is 65.1 Å². The van der Waals surface area contributed by atoms with Gasteiger partial charge in [-0.05, 0) is 105 Å². The molecule has 0 aliphatic heterocycles. The molecule has 0 saturated carbocycles. The molecule has 133 heavy (non-hydrogen) atoms. The van der Waals surface area contributed by atoms with Gasteiger partial charge in [0.25, 0.3) is 0 Å². The van der Waals surface area contributed by atoms with Crippen LogP contribution in [0.2, 0.25) is 30.9 Å². The molecule has 0 bridgehead atoms. The van der Waals surface area contributed by atoms with Gasteiger partial charge in [-0.25, -0.2) is 28.1 Å². The number of nitrogens with zero attached hydrogens (tertiary/aromatic N) is 24. The van der Waals surface area contributed by atoms with E-state index < -0.39 is 24.9 Å². The second-order valence-electron chi connectivity index (χ2n) is 27.4. The molecule has 30 nitrogen and oxygen atoms in total. The third-order valence-corrected chi connectivity index (χ3v) is 22.3. The number of rotatable bonds is 31. The molecule has 690 valence electrons. The number of carbonyl (C=O) groups excluding carboxylic acids is 6. The second kappa shape index (κ2) is 54.9. The minimum absolute atomic E-state index is 0.0468. The predicted molar refractivity (Wildman–Crippen MR) is 527 cm³/mol. The number of hydrogen-bond donors (Lipinski definition) is 0. The van der Waals surface area contributed by atoms with Gasteiger partial charge in [0.1, 0.15) is 34.1 Å². The Kier molecular flexibility index (Phi) is 44.3. The minimum Gasteiger partial charge on any atom is -0.296 e. The molecule has 0 spiro atoms. The molecule has 0 saturated heterocycles. The van der Waals surface area contributed by atoms with Gasteiger partial charge in [-0.15, -0.1) is 38.5 Å². The zero-order valence-electron chi connectivity index (χ0n) is 72.7. The van der Waals surface area contributed by atoms with Crippen LogP contribution in [0.1, 0.15) is 47.0 Å². The van der Waals surface area contributed by atoms with Gasteiger partial charge < -0.3 is 0 Å². The summed E-state index contributed by atoms with van der Waals surface area (Å²) in [5, 5.41) is 26.0. The zero-order chi connectivity index (χ0) is 97.3. The van der Waals surface area contributed by atoms with Gasteiger partial charge in [-0.1, -0.05) is 126 Å². The number of terminal acetylenes is 6. The molecular weight excluding hydrogens is 1910 g/mol. The van der Waals surface area contributed by atoms with E-state index in [0.29, 0.717) is 52.1 Å². The molecule has 0 N–H and O–H groups in total. The molecule has 6 amide bonds. The summed E-state index contributed by atoms with van der Waals surface area (Å²) >= 11 is 43.0. The Morgan fingerprint density at radius 1 is 0.368 bits per heavy atom. The molecule has 0 aliphatic rings. The van der Waals surface area contributed by atoms with Crippen LogP contribution in [0.15, 0.2) is 184 Å². The number of halogens is 9. The van der Waals surface area contributed by atoms with Crippen LogP contribution in [0.5, 0.6) is 0 Å². The van der Waals surface area contributed by atoms with E-state index in [9.17, 15) is 41.9 Å². The minimum atomic E-state index is -4.43.